The second kappa shape index (κ2) is 12.0. The first-order chi connectivity index (χ1) is 22.6. The van der Waals surface area contributed by atoms with Gasteiger partial charge in [-0.05, 0) is 134 Å². The van der Waals surface area contributed by atoms with E-state index in [9.17, 15) is 15.0 Å². The highest BCUT2D eigenvalue weighted by atomic mass is 16.5. The van der Waals surface area contributed by atoms with Gasteiger partial charge in [-0.3, -0.25) is 4.79 Å². The molecule has 11 atom stereocenters. The summed E-state index contributed by atoms with van der Waals surface area (Å²) in [5.41, 5.74) is 1.39. The van der Waals surface area contributed by atoms with Crippen LogP contribution in [0.2, 0.25) is 0 Å². The van der Waals surface area contributed by atoms with Crippen LogP contribution in [0.5, 0.6) is 17.2 Å². The maximum atomic E-state index is 13.0. The van der Waals surface area contributed by atoms with Gasteiger partial charge in [-0.15, -0.1) is 0 Å². The zero-order chi connectivity index (χ0) is 35.0. The molecule has 5 aliphatic carbocycles. The van der Waals surface area contributed by atoms with Crippen molar-refractivity contribution in [3.05, 3.63) is 29.8 Å². The SMILES string of the molecule is C=C(C)[C@@H]1CC[C@]2(C(=O)O)CC[C@]3(C)[C@H](CC[C@@H]4[C@@]5(C)C[C@@H](CC#Cc6cc(OC)c(OC)c(OC)c6)[C@H](O)C(C)(C)[C@@H]5CC[C@]43C)[C@@H]12. The molecule has 0 unspecified atom stereocenters. The molecule has 0 aromatic heterocycles. The lowest BCUT2D eigenvalue weighted by Gasteiger charge is -2.73. The second-order valence-corrected chi connectivity index (χ2v) is 17.8. The van der Waals surface area contributed by atoms with Gasteiger partial charge in [0, 0.05) is 12.0 Å². The predicted molar refractivity (Wildman–Crippen MR) is 189 cm³/mol. The van der Waals surface area contributed by atoms with Crippen LogP contribution < -0.4 is 14.2 Å². The van der Waals surface area contributed by atoms with Crippen LogP contribution in [0.15, 0.2) is 24.3 Å². The van der Waals surface area contributed by atoms with Crippen molar-refractivity contribution in [2.75, 3.05) is 21.3 Å². The fraction of sp³-hybridized carbons (Fsp3) is 0.738. The van der Waals surface area contributed by atoms with Gasteiger partial charge in [0.25, 0.3) is 0 Å². The second-order valence-electron chi connectivity index (χ2n) is 17.8. The van der Waals surface area contributed by atoms with E-state index in [0.29, 0.717) is 47.3 Å². The van der Waals surface area contributed by atoms with Crippen LogP contribution in [0.25, 0.3) is 0 Å². The fourth-order valence-electron chi connectivity index (χ4n) is 13.5. The number of carboxylic acid groups (broad SMARTS) is 1. The molecule has 1 aromatic carbocycles. The Labute approximate surface area is 289 Å². The van der Waals surface area contributed by atoms with Crippen molar-refractivity contribution in [3.63, 3.8) is 0 Å². The highest BCUT2D eigenvalue weighted by Crippen LogP contribution is 2.78. The third-order valence-corrected chi connectivity index (χ3v) is 15.8. The third kappa shape index (κ3) is 4.79. The number of aliphatic hydroxyl groups is 1. The molecule has 264 valence electrons. The van der Waals surface area contributed by atoms with E-state index >= 15 is 0 Å². The van der Waals surface area contributed by atoms with Crippen LogP contribution in [0.1, 0.15) is 111 Å². The summed E-state index contributed by atoms with van der Waals surface area (Å²) in [6, 6.07) is 3.76. The number of carboxylic acids is 1. The smallest absolute Gasteiger partial charge is 0.309 e. The lowest BCUT2D eigenvalue weighted by molar-refractivity contribution is -0.256. The Balaban J connectivity index is 1.32. The van der Waals surface area contributed by atoms with E-state index in [0.717, 1.165) is 63.4 Å². The third-order valence-electron chi connectivity index (χ3n) is 15.8. The van der Waals surface area contributed by atoms with Crippen molar-refractivity contribution in [1.29, 1.82) is 0 Å². The molecule has 6 rings (SSSR count). The summed E-state index contributed by atoms with van der Waals surface area (Å²) in [6.45, 7) is 18.8. The number of benzene rings is 1. The van der Waals surface area contributed by atoms with Crippen LogP contribution in [-0.4, -0.2) is 43.6 Å². The van der Waals surface area contributed by atoms with Crippen molar-refractivity contribution in [1.82, 2.24) is 0 Å². The summed E-state index contributed by atoms with van der Waals surface area (Å²) in [5, 5.41) is 22.7. The molecule has 0 saturated heterocycles. The lowest BCUT2D eigenvalue weighted by atomic mass is 9.31. The summed E-state index contributed by atoms with van der Waals surface area (Å²) in [5.74, 6) is 9.83. The first-order valence-electron chi connectivity index (χ1n) is 18.4. The Kier molecular flexibility index (Phi) is 8.79. The molecule has 1 aromatic rings. The fourth-order valence-corrected chi connectivity index (χ4v) is 13.5. The Morgan fingerprint density at radius 3 is 2.15 bits per heavy atom. The molecule has 0 radical (unpaired) electrons. The van der Waals surface area contributed by atoms with Crippen LogP contribution in [0, 0.1) is 74.4 Å². The number of rotatable bonds is 6. The van der Waals surface area contributed by atoms with Gasteiger partial charge in [-0.2, -0.15) is 0 Å². The molecule has 48 heavy (non-hydrogen) atoms. The van der Waals surface area contributed by atoms with Crippen LogP contribution in [-0.2, 0) is 4.79 Å². The summed E-state index contributed by atoms with van der Waals surface area (Å²) < 4.78 is 16.6. The number of fused-ring (bicyclic) bond motifs is 7. The summed E-state index contributed by atoms with van der Waals surface area (Å²) >= 11 is 0. The van der Waals surface area contributed by atoms with E-state index < -0.39 is 17.5 Å². The van der Waals surface area contributed by atoms with Crippen molar-refractivity contribution < 1.29 is 29.2 Å². The Morgan fingerprint density at radius 1 is 0.896 bits per heavy atom. The summed E-state index contributed by atoms with van der Waals surface area (Å²) in [4.78, 5) is 13.0. The van der Waals surface area contributed by atoms with Gasteiger partial charge in [-0.1, -0.05) is 58.6 Å². The molecule has 2 N–H and O–H groups in total. The Bertz CT molecular complexity index is 1490. The topological polar surface area (TPSA) is 85.2 Å². The lowest BCUT2D eigenvalue weighted by Crippen LogP contribution is -2.68. The minimum Gasteiger partial charge on any atom is -0.493 e. The minimum absolute atomic E-state index is 0.0629. The van der Waals surface area contributed by atoms with Crippen molar-refractivity contribution in [2.45, 2.75) is 112 Å². The van der Waals surface area contributed by atoms with Crippen LogP contribution >= 0.6 is 0 Å². The quantitative estimate of drug-likeness (QED) is 0.234. The number of hydrogen-bond acceptors (Lipinski definition) is 5. The summed E-state index contributed by atoms with van der Waals surface area (Å²) in [6.07, 6.45) is 9.18. The Morgan fingerprint density at radius 2 is 1.56 bits per heavy atom. The molecular formula is C42H60O6. The zero-order valence-electron chi connectivity index (χ0n) is 31.0. The number of aliphatic hydroxyl groups excluding tert-OH is 1. The van der Waals surface area contributed by atoms with Crippen LogP contribution in [0.3, 0.4) is 0 Å². The number of carbonyl (C=O) groups is 1. The largest absolute Gasteiger partial charge is 0.493 e. The van der Waals surface area contributed by atoms with Gasteiger partial charge in [-0.25, -0.2) is 0 Å². The Hall–Kier alpha value is -2.65. The predicted octanol–water partition coefficient (Wildman–Crippen LogP) is 8.78. The zero-order valence-corrected chi connectivity index (χ0v) is 31.0. The number of hydrogen-bond donors (Lipinski definition) is 2. The van der Waals surface area contributed by atoms with E-state index in [2.05, 4.69) is 60.0 Å². The van der Waals surface area contributed by atoms with Crippen LogP contribution in [0.4, 0.5) is 0 Å². The minimum atomic E-state index is -0.600. The molecule has 0 amide bonds. The molecule has 0 bridgehead atoms. The molecule has 0 heterocycles. The van der Waals surface area contributed by atoms with Crippen molar-refractivity contribution in [2.24, 2.45) is 62.6 Å². The van der Waals surface area contributed by atoms with E-state index in [1.807, 2.05) is 12.1 Å². The average molecular weight is 661 g/mol. The number of aliphatic carboxylic acids is 1. The molecule has 5 saturated carbocycles. The maximum absolute atomic E-state index is 13.0. The monoisotopic (exact) mass is 660 g/mol. The summed E-state index contributed by atoms with van der Waals surface area (Å²) in [7, 11) is 4.82. The number of methoxy groups -OCH3 is 3. The van der Waals surface area contributed by atoms with Gasteiger partial charge >= 0.3 is 5.97 Å². The molecule has 6 heteroatoms. The van der Waals surface area contributed by atoms with E-state index in [4.69, 9.17) is 14.2 Å². The maximum Gasteiger partial charge on any atom is 0.309 e. The van der Waals surface area contributed by atoms with Gasteiger partial charge in [0.1, 0.15) is 0 Å². The van der Waals surface area contributed by atoms with Gasteiger partial charge < -0.3 is 24.4 Å². The van der Waals surface area contributed by atoms with Gasteiger partial charge in [0.05, 0.1) is 32.8 Å². The molecule has 5 fully saturated rings. The standard InChI is InChI=1S/C42H60O6/c1-25(2)28-16-19-42(37(44)45)21-20-40(6)29(34(28)42)14-15-33-39(5)24-27(36(43)38(3,4)32(39)17-18-41(33,40)7)13-11-12-26-22-30(46-8)35(48-10)31(23-26)47-9/h22-23,27-29,32-34,36,43H,1,13-21,24H2,2-10H3,(H,44,45)/t27-,28+,29-,32+,33-,34-,36+,39+,40-,41-,42+/m1/s1. The average Bonchev–Trinajstić information content (AvgIpc) is 3.45. The molecular weight excluding hydrogens is 600 g/mol. The van der Waals surface area contributed by atoms with Crippen molar-refractivity contribution >= 4 is 5.97 Å². The van der Waals surface area contributed by atoms with Gasteiger partial charge in [0.2, 0.25) is 5.75 Å². The molecule has 0 aliphatic heterocycles. The molecule has 5 aliphatic rings. The van der Waals surface area contributed by atoms with Crippen molar-refractivity contribution in [3.8, 4) is 29.1 Å². The van der Waals surface area contributed by atoms with E-state index in [1.165, 1.54) is 5.57 Å². The first kappa shape index (κ1) is 35.2. The highest BCUT2D eigenvalue weighted by Gasteiger charge is 2.72. The normalized spacial score (nSPS) is 42.5. The number of ether oxygens (including phenoxy) is 3. The van der Waals surface area contributed by atoms with E-state index in [1.54, 1.807) is 21.3 Å². The highest BCUT2D eigenvalue weighted by molar-refractivity contribution is 5.76. The van der Waals surface area contributed by atoms with E-state index in [-0.39, 0.29) is 33.5 Å². The molecule has 6 nitrogen and oxygen atoms in total. The first-order valence-corrected chi connectivity index (χ1v) is 18.4. The van der Waals surface area contributed by atoms with Gasteiger partial charge in [0.15, 0.2) is 11.5 Å². The molecule has 0 spiro atoms. The number of allylic oxidation sites excluding steroid dienone is 1.